The highest BCUT2D eigenvalue weighted by Crippen LogP contribution is 2.57. The van der Waals surface area contributed by atoms with Crippen molar-refractivity contribution in [2.24, 2.45) is 0 Å². The predicted octanol–water partition coefficient (Wildman–Crippen LogP) is 13.4. The second-order valence-electron chi connectivity index (χ2n) is 15.0. The molecule has 0 amide bonds. The summed E-state index contributed by atoms with van der Waals surface area (Å²) in [6.45, 7) is 2.22. The molecule has 1 atom stereocenters. The molecular formula is C51H34N2O. The summed E-state index contributed by atoms with van der Waals surface area (Å²) in [5.74, 6) is 1.27. The fourth-order valence-corrected chi connectivity index (χ4v) is 9.83. The topological polar surface area (TPSA) is 31.0 Å². The number of fused-ring (bicyclic) bond motifs is 12. The van der Waals surface area contributed by atoms with E-state index in [1.165, 1.54) is 66.4 Å². The van der Waals surface area contributed by atoms with Gasteiger partial charge in [0.15, 0.2) is 5.58 Å². The lowest BCUT2D eigenvalue weighted by atomic mass is 9.87. The Bertz CT molecular complexity index is 3170. The van der Waals surface area contributed by atoms with E-state index in [4.69, 9.17) is 9.40 Å². The molecule has 2 aliphatic rings. The van der Waals surface area contributed by atoms with E-state index in [1.54, 1.807) is 0 Å². The molecule has 0 radical (unpaired) electrons. The Hall–Kier alpha value is -6.71. The molecule has 54 heavy (non-hydrogen) atoms. The van der Waals surface area contributed by atoms with Crippen LogP contribution in [-0.2, 0) is 6.42 Å². The van der Waals surface area contributed by atoms with Crippen LogP contribution in [0.25, 0.3) is 94.2 Å². The van der Waals surface area contributed by atoms with E-state index >= 15 is 0 Å². The van der Waals surface area contributed by atoms with Gasteiger partial charge in [-0.3, -0.25) is 4.57 Å². The van der Waals surface area contributed by atoms with E-state index < -0.39 is 0 Å². The van der Waals surface area contributed by atoms with E-state index in [0.717, 1.165) is 62.9 Å². The van der Waals surface area contributed by atoms with Crippen LogP contribution in [0.4, 0.5) is 0 Å². The average Bonchev–Trinajstić information content (AvgIpc) is 3.82. The van der Waals surface area contributed by atoms with Crippen molar-refractivity contribution < 1.29 is 4.42 Å². The molecule has 0 fully saturated rings. The Kier molecular flexibility index (Phi) is 6.16. The van der Waals surface area contributed by atoms with E-state index in [-0.39, 0.29) is 0 Å². The number of nitrogens with zero attached hydrogens (tertiary/aromatic N) is 2. The van der Waals surface area contributed by atoms with Gasteiger partial charge in [-0.25, -0.2) is 4.98 Å². The lowest BCUT2D eigenvalue weighted by molar-refractivity contribution is 0.668. The molecule has 0 saturated carbocycles. The van der Waals surface area contributed by atoms with Gasteiger partial charge in [0, 0.05) is 33.2 Å². The van der Waals surface area contributed by atoms with Crippen LogP contribution in [0.5, 0.6) is 0 Å². The van der Waals surface area contributed by atoms with E-state index in [2.05, 4.69) is 163 Å². The number of aromatic nitrogens is 2. The molecule has 3 nitrogen and oxygen atoms in total. The third-order valence-corrected chi connectivity index (χ3v) is 12.2. The smallest absolute Gasteiger partial charge is 0.162 e. The highest BCUT2D eigenvalue weighted by atomic mass is 16.3. The minimum Gasteiger partial charge on any atom is -0.454 e. The molecule has 0 N–H and O–H groups in total. The third-order valence-electron chi connectivity index (χ3n) is 12.2. The van der Waals surface area contributed by atoms with Crippen LogP contribution in [0.2, 0.25) is 0 Å². The van der Waals surface area contributed by atoms with Crippen molar-refractivity contribution in [2.45, 2.75) is 25.7 Å². The second-order valence-corrected chi connectivity index (χ2v) is 15.0. The summed E-state index contributed by atoms with van der Waals surface area (Å²) in [5.41, 5.74) is 20.4. The van der Waals surface area contributed by atoms with Crippen molar-refractivity contribution in [1.82, 2.24) is 9.55 Å². The number of aryl methyl sites for hydroxylation is 1. The van der Waals surface area contributed by atoms with E-state index in [0.29, 0.717) is 5.92 Å². The zero-order valence-electron chi connectivity index (χ0n) is 29.8. The Morgan fingerprint density at radius 3 is 2.17 bits per heavy atom. The van der Waals surface area contributed by atoms with E-state index in [1.807, 2.05) is 6.07 Å². The highest BCUT2D eigenvalue weighted by molar-refractivity contribution is 6.20. The molecule has 7 aromatic carbocycles. The highest BCUT2D eigenvalue weighted by Gasteiger charge is 2.36. The molecule has 2 aliphatic carbocycles. The first-order valence-corrected chi connectivity index (χ1v) is 19.0. The first-order chi connectivity index (χ1) is 26.7. The molecule has 0 spiro atoms. The Morgan fingerprint density at radius 1 is 0.593 bits per heavy atom. The van der Waals surface area contributed by atoms with Gasteiger partial charge in [-0.1, -0.05) is 127 Å². The first-order valence-electron chi connectivity index (χ1n) is 19.0. The van der Waals surface area contributed by atoms with Crippen molar-refractivity contribution in [3.05, 3.63) is 180 Å². The summed E-state index contributed by atoms with van der Waals surface area (Å²) in [6, 6.07) is 57.5. The minimum atomic E-state index is 0.344. The summed E-state index contributed by atoms with van der Waals surface area (Å²) in [4.78, 5) is 5.63. The van der Waals surface area contributed by atoms with Gasteiger partial charge < -0.3 is 4.42 Å². The van der Waals surface area contributed by atoms with Gasteiger partial charge in [0.1, 0.15) is 16.9 Å². The van der Waals surface area contributed by atoms with Crippen LogP contribution >= 0.6 is 0 Å². The minimum absolute atomic E-state index is 0.344. The molecule has 0 saturated heterocycles. The molecule has 12 rings (SSSR count). The monoisotopic (exact) mass is 690 g/mol. The molecule has 0 aliphatic heterocycles. The summed E-state index contributed by atoms with van der Waals surface area (Å²) in [6.07, 6.45) is 2.14. The van der Waals surface area contributed by atoms with Gasteiger partial charge in [0.25, 0.3) is 0 Å². The maximum Gasteiger partial charge on any atom is 0.162 e. The number of benzene rings is 7. The zero-order valence-corrected chi connectivity index (χ0v) is 29.8. The van der Waals surface area contributed by atoms with Crippen molar-refractivity contribution in [3.63, 3.8) is 0 Å². The predicted molar refractivity (Wildman–Crippen MR) is 222 cm³/mol. The average molecular weight is 691 g/mol. The van der Waals surface area contributed by atoms with Crippen LogP contribution in [0.1, 0.15) is 34.6 Å². The number of furan rings is 1. The van der Waals surface area contributed by atoms with Gasteiger partial charge in [-0.2, -0.15) is 0 Å². The van der Waals surface area contributed by atoms with Crippen LogP contribution in [-0.4, -0.2) is 9.55 Å². The van der Waals surface area contributed by atoms with Crippen LogP contribution in [0, 0.1) is 6.92 Å². The SMILES string of the molecule is Cc1c(-n2c3ccc(-c4ccccc4)cc3c3c4c5c(cc32)-c2ccccc2C5CCc2ccccc2-4)nc2c(oc3ccccc32)c1-c1ccccc1. The Balaban J connectivity index is 1.30. The van der Waals surface area contributed by atoms with E-state index in [9.17, 15) is 0 Å². The lowest BCUT2D eigenvalue weighted by Gasteiger charge is -2.18. The quantitative estimate of drug-likeness (QED) is 0.185. The number of rotatable bonds is 3. The number of pyridine rings is 1. The number of hydrogen-bond donors (Lipinski definition) is 0. The molecule has 3 aromatic heterocycles. The lowest BCUT2D eigenvalue weighted by Crippen LogP contribution is -2.03. The largest absolute Gasteiger partial charge is 0.454 e. The fraction of sp³-hybridized carbons (Fsp3) is 0.0784. The Morgan fingerprint density at radius 2 is 1.31 bits per heavy atom. The van der Waals surface area contributed by atoms with Crippen molar-refractivity contribution in [3.8, 4) is 50.3 Å². The van der Waals surface area contributed by atoms with Gasteiger partial charge >= 0.3 is 0 Å². The van der Waals surface area contributed by atoms with Gasteiger partial charge in [-0.05, 0) is 106 Å². The molecule has 1 unspecified atom stereocenters. The van der Waals surface area contributed by atoms with Crippen LogP contribution < -0.4 is 0 Å². The van der Waals surface area contributed by atoms with Crippen LogP contribution in [0.3, 0.4) is 0 Å². The molecule has 0 bridgehead atoms. The normalized spacial score (nSPS) is 14.4. The van der Waals surface area contributed by atoms with Gasteiger partial charge in [0.05, 0.1) is 11.0 Å². The van der Waals surface area contributed by atoms with Crippen LogP contribution in [0.15, 0.2) is 162 Å². The van der Waals surface area contributed by atoms with Crippen molar-refractivity contribution >= 4 is 43.9 Å². The third kappa shape index (κ3) is 4.04. The first kappa shape index (κ1) is 29.8. The molecule has 3 heterocycles. The summed E-state index contributed by atoms with van der Waals surface area (Å²) in [7, 11) is 0. The summed E-state index contributed by atoms with van der Waals surface area (Å²) >= 11 is 0. The molecule has 10 aromatic rings. The Labute approximate surface area is 312 Å². The molecular weight excluding hydrogens is 657 g/mol. The maximum atomic E-state index is 6.67. The van der Waals surface area contributed by atoms with Gasteiger partial charge in [0.2, 0.25) is 0 Å². The van der Waals surface area contributed by atoms with Crippen molar-refractivity contribution in [2.75, 3.05) is 0 Å². The number of hydrogen-bond acceptors (Lipinski definition) is 2. The zero-order chi connectivity index (χ0) is 35.5. The molecule has 254 valence electrons. The second kappa shape index (κ2) is 11.1. The maximum absolute atomic E-state index is 6.67. The number of para-hydroxylation sites is 1. The molecule has 3 heteroatoms. The fourth-order valence-electron chi connectivity index (χ4n) is 9.83. The van der Waals surface area contributed by atoms with Crippen molar-refractivity contribution in [1.29, 1.82) is 0 Å². The summed E-state index contributed by atoms with van der Waals surface area (Å²) in [5, 5.41) is 3.57. The summed E-state index contributed by atoms with van der Waals surface area (Å²) < 4.78 is 9.13. The van der Waals surface area contributed by atoms with Gasteiger partial charge in [-0.15, -0.1) is 0 Å². The standard InChI is InChI=1S/C51H34N2O/c1-30-45(33-17-6-3-7-18-33)50-49(39-22-12-13-23-44(39)54-50)52-51(30)53-42-27-25-34(31-14-4-2-5-15-31)28-41(42)47-43(53)29-40-37-21-11-10-20-36(37)38-26-24-32-16-8-9-19-35(32)48(47)46(38)40/h2-23,25,27-29,38H,24,26H2,1H3.